The van der Waals surface area contributed by atoms with Crippen LogP contribution in [0.5, 0.6) is 0 Å². The van der Waals surface area contributed by atoms with E-state index in [1.54, 1.807) is 0 Å². The lowest BCUT2D eigenvalue weighted by molar-refractivity contribution is 0.253. The van der Waals surface area contributed by atoms with Crippen molar-refractivity contribution in [1.29, 1.82) is 0 Å². The molecule has 3 N–H and O–H groups in total. The van der Waals surface area contributed by atoms with Crippen LogP contribution in [0.25, 0.3) is 0 Å². The topological polar surface area (TPSA) is 52.5 Å². The molecule has 1 rings (SSSR count). The maximum Gasteiger partial charge on any atom is 0.143 e. The van der Waals surface area contributed by atoms with E-state index in [9.17, 15) is 5.11 Å². The van der Waals surface area contributed by atoms with Crippen LogP contribution in [-0.4, -0.2) is 15.9 Å². The summed E-state index contributed by atoms with van der Waals surface area (Å²) in [6.45, 7) is 3.45. The van der Waals surface area contributed by atoms with E-state index in [0.717, 1.165) is 23.3 Å². The molecule has 14 heavy (non-hydrogen) atoms. The third-order valence-electron chi connectivity index (χ3n) is 1.72. The Labute approximate surface area is 87.7 Å². The Balaban J connectivity index is 2.59. The Hall–Kier alpha value is -0.970. The molecule has 4 heteroatoms. The molecule has 76 valence electrons. The van der Waals surface area contributed by atoms with Gasteiger partial charge in [-0.3, -0.25) is 0 Å². The van der Waals surface area contributed by atoms with Crippen molar-refractivity contribution in [2.75, 3.05) is 5.32 Å². The molecule has 0 aromatic heterocycles. The second kappa shape index (κ2) is 5.70. The summed E-state index contributed by atoms with van der Waals surface area (Å²) in [5.74, 6) is 0.574. The Morgan fingerprint density at radius 2 is 2.07 bits per heavy atom. The van der Waals surface area contributed by atoms with Crippen molar-refractivity contribution < 1.29 is 9.66 Å². The van der Waals surface area contributed by atoms with Gasteiger partial charge in [-0.1, -0.05) is 18.7 Å². The van der Waals surface area contributed by atoms with Crippen molar-refractivity contribution in [1.82, 2.24) is 0 Å². The van der Waals surface area contributed by atoms with Crippen molar-refractivity contribution in [2.24, 2.45) is 0 Å². The monoisotopic (exact) mass is 211 g/mol. The van der Waals surface area contributed by atoms with Crippen molar-refractivity contribution in [2.45, 2.75) is 12.0 Å². The summed E-state index contributed by atoms with van der Waals surface area (Å²) < 4.78 is 8.62. The fourth-order valence-electron chi connectivity index (χ4n) is 1.00. The summed E-state index contributed by atoms with van der Waals surface area (Å²) in [6.07, 6.45) is 0.686. The Bertz CT molecular complexity index is 287. The minimum absolute atomic E-state index is 0.574. The molecular formula is C10H13NO2S. The molecule has 0 saturated heterocycles. The summed E-state index contributed by atoms with van der Waals surface area (Å²) >= 11 is 0.793. The van der Waals surface area contributed by atoms with Crippen LogP contribution in [0.3, 0.4) is 0 Å². The molecule has 0 bridgehead atoms. The Kier molecular flexibility index (Phi) is 4.52. The molecule has 0 amide bonds. The van der Waals surface area contributed by atoms with Gasteiger partial charge in [0, 0.05) is 11.4 Å². The molecule has 1 atom stereocenters. The van der Waals surface area contributed by atoms with E-state index in [1.165, 1.54) is 6.08 Å². The number of aliphatic hydroxyl groups is 1. The summed E-state index contributed by atoms with van der Waals surface area (Å²) in [7, 11) is 0. The second-order valence-electron chi connectivity index (χ2n) is 2.80. The third-order valence-corrected chi connectivity index (χ3v) is 2.19. The SMILES string of the molecule is C=CC(O)Nc1ccc(CSO)cc1. The molecular weight excluding hydrogens is 198 g/mol. The lowest BCUT2D eigenvalue weighted by Gasteiger charge is -2.09. The van der Waals surface area contributed by atoms with Crippen LogP contribution in [0.4, 0.5) is 5.69 Å². The third kappa shape index (κ3) is 3.41. The Morgan fingerprint density at radius 3 is 2.57 bits per heavy atom. The van der Waals surface area contributed by atoms with Gasteiger partial charge in [-0.15, -0.1) is 0 Å². The largest absolute Gasteiger partial charge is 0.370 e. The highest BCUT2D eigenvalue weighted by Gasteiger charge is 1.98. The van der Waals surface area contributed by atoms with Crippen LogP contribution < -0.4 is 5.32 Å². The predicted molar refractivity (Wildman–Crippen MR) is 60.2 cm³/mol. The molecule has 0 aliphatic rings. The molecule has 1 aromatic carbocycles. The lowest BCUT2D eigenvalue weighted by Crippen LogP contribution is -2.14. The molecule has 0 radical (unpaired) electrons. The van der Waals surface area contributed by atoms with Gasteiger partial charge in [-0.25, -0.2) is 0 Å². The normalized spacial score (nSPS) is 12.1. The van der Waals surface area contributed by atoms with Crippen LogP contribution in [0.15, 0.2) is 36.9 Å². The van der Waals surface area contributed by atoms with E-state index in [1.807, 2.05) is 24.3 Å². The van der Waals surface area contributed by atoms with Gasteiger partial charge in [0.2, 0.25) is 0 Å². The standard InChI is InChI=1S/C10H13NO2S/c1-2-10(12)11-9-5-3-8(4-6-9)7-14-13/h2-6,10-13H,1,7H2. The quantitative estimate of drug-likeness (QED) is 0.397. The lowest BCUT2D eigenvalue weighted by atomic mass is 10.2. The molecule has 0 heterocycles. The summed E-state index contributed by atoms with van der Waals surface area (Å²) in [5.41, 5.74) is 1.86. The smallest absolute Gasteiger partial charge is 0.143 e. The van der Waals surface area contributed by atoms with E-state index < -0.39 is 6.23 Å². The molecule has 0 aliphatic heterocycles. The molecule has 0 spiro atoms. The number of hydrogen-bond donors (Lipinski definition) is 3. The van der Waals surface area contributed by atoms with Gasteiger partial charge in [-0.2, -0.15) is 0 Å². The zero-order chi connectivity index (χ0) is 10.4. The van der Waals surface area contributed by atoms with Crippen LogP contribution in [-0.2, 0) is 5.75 Å². The van der Waals surface area contributed by atoms with Gasteiger partial charge in [-0.05, 0) is 35.8 Å². The maximum atomic E-state index is 9.21. The van der Waals surface area contributed by atoms with Crippen molar-refractivity contribution >= 4 is 17.7 Å². The number of aliphatic hydroxyl groups excluding tert-OH is 1. The zero-order valence-electron chi connectivity index (χ0n) is 7.68. The molecule has 1 unspecified atom stereocenters. The Morgan fingerprint density at radius 1 is 1.43 bits per heavy atom. The van der Waals surface area contributed by atoms with E-state index in [2.05, 4.69) is 11.9 Å². The fourth-order valence-corrected chi connectivity index (χ4v) is 1.34. The van der Waals surface area contributed by atoms with Crippen LogP contribution in [0, 0.1) is 0 Å². The minimum atomic E-state index is -0.729. The fraction of sp³-hybridized carbons (Fsp3) is 0.200. The van der Waals surface area contributed by atoms with Crippen LogP contribution in [0.1, 0.15) is 5.56 Å². The molecule has 0 fully saturated rings. The van der Waals surface area contributed by atoms with Crippen LogP contribution in [0.2, 0.25) is 0 Å². The van der Waals surface area contributed by atoms with Gasteiger partial charge >= 0.3 is 0 Å². The van der Waals surface area contributed by atoms with Crippen molar-refractivity contribution in [3.63, 3.8) is 0 Å². The van der Waals surface area contributed by atoms with Gasteiger partial charge < -0.3 is 15.0 Å². The summed E-state index contributed by atoms with van der Waals surface area (Å²) in [5, 5.41) is 12.0. The first-order valence-electron chi connectivity index (χ1n) is 4.18. The molecule has 0 saturated carbocycles. The van der Waals surface area contributed by atoms with E-state index in [4.69, 9.17) is 4.55 Å². The minimum Gasteiger partial charge on any atom is -0.370 e. The predicted octanol–water partition coefficient (Wildman–Crippen LogP) is 2.31. The number of hydrogen-bond acceptors (Lipinski definition) is 4. The molecule has 3 nitrogen and oxygen atoms in total. The summed E-state index contributed by atoms with van der Waals surface area (Å²) in [4.78, 5) is 0. The summed E-state index contributed by atoms with van der Waals surface area (Å²) in [6, 6.07) is 7.47. The van der Waals surface area contributed by atoms with E-state index in [-0.39, 0.29) is 0 Å². The number of anilines is 1. The van der Waals surface area contributed by atoms with E-state index in [0.29, 0.717) is 5.75 Å². The van der Waals surface area contributed by atoms with Crippen molar-refractivity contribution in [3.8, 4) is 0 Å². The average Bonchev–Trinajstić information content (AvgIpc) is 2.21. The van der Waals surface area contributed by atoms with Gasteiger partial charge in [0.1, 0.15) is 6.23 Å². The van der Waals surface area contributed by atoms with Crippen LogP contribution >= 0.6 is 12.0 Å². The van der Waals surface area contributed by atoms with E-state index >= 15 is 0 Å². The first-order chi connectivity index (χ1) is 6.76. The number of benzene rings is 1. The molecule has 1 aromatic rings. The highest BCUT2D eigenvalue weighted by atomic mass is 32.2. The first-order valence-corrected chi connectivity index (χ1v) is 5.13. The van der Waals surface area contributed by atoms with Gasteiger partial charge in [0.05, 0.1) is 0 Å². The maximum absolute atomic E-state index is 9.21. The highest BCUT2D eigenvalue weighted by molar-refractivity contribution is 7.92. The average molecular weight is 211 g/mol. The molecule has 0 aliphatic carbocycles. The number of nitrogens with one attached hydrogen (secondary N) is 1. The van der Waals surface area contributed by atoms with Gasteiger partial charge in [0.25, 0.3) is 0 Å². The highest BCUT2D eigenvalue weighted by Crippen LogP contribution is 2.13. The number of rotatable bonds is 5. The zero-order valence-corrected chi connectivity index (χ0v) is 8.50. The van der Waals surface area contributed by atoms with Crippen molar-refractivity contribution in [3.05, 3.63) is 42.5 Å². The second-order valence-corrected chi connectivity index (χ2v) is 3.34. The van der Waals surface area contributed by atoms with Gasteiger partial charge in [0.15, 0.2) is 0 Å². The first kappa shape index (κ1) is 11.1.